The maximum absolute atomic E-state index is 13.3. The SMILES string of the molecule is CN(C(=O)/C=C/c1ccoc1)[C@@H]1C[C@@]23C[C@@]45C6C(=C(O)C=CC6C[C@@H](N2CC2CC2)[C@]34O)O[C@@H]15. The third-order valence-electron chi connectivity index (χ3n) is 10.5. The van der Waals surface area contributed by atoms with E-state index < -0.39 is 11.0 Å². The number of furan rings is 1. The second kappa shape index (κ2) is 6.00. The van der Waals surface area contributed by atoms with Crippen LogP contribution in [-0.2, 0) is 9.53 Å². The molecule has 9 rings (SSSR count). The van der Waals surface area contributed by atoms with Gasteiger partial charge in [-0.2, -0.15) is 0 Å². The minimum Gasteiger partial charge on any atom is -0.504 e. The summed E-state index contributed by atoms with van der Waals surface area (Å²) in [5.41, 5.74) is -0.691. The summed E-state index contributed by atoms with van der Waals surface area (Å²) >= 11 is 0. The van der Waals surface area contributed by atoms with Crippen molar-refractivity contribution in [3.05, 3.63) is 53.9 Å². The summed E-state index contributed by atoms with van der Waals surface area (Å²) in [6.45, 7) is 1.05. The highest BCUT2D eigenvalue weighted by Gasteiger charge is 2.96. The third kappa shape index (κ3) is 1.96. The Balaban J connectivity index is 1.20. The van der Waals surface area contributed by atoms with Crippen LogP contribution in [0.3, 0.4) is 0 Å². The van der Waals surface area contributed by atoms with Gasteiger partial charge in [0.1, 0.15) is 17.5 Å². The predicted octanol–water partition coefficient (Wildman–Crippen LogP) is 2.85. The normalized spacial score (nSPS) is 47.2. The third-order valence-corrected chi connectivity index (χ3v) is 10.5. The van der Waals surface area contributed by atoms with Crippen LogP contribution in [0.1, 0.15) is 37.7 Å². The molecule has 0 radical (unpaired) electrons. The molecule has 0 aromatic carbocycles. The first-order chi connectivity index (χ1) is 16.4. The molecule has 1 aromatic rings. The fraction of sp³-hybridized carbons (Fsp3) is 0.593. The summed E-state index contributed by atoms with van der Waals surface area (Å²) in [5.74, 6) is 1.72. The fourth-order valence-electron chi connectivity index (χ4n) is 9.10. The summed E-state index contributed by atoms with van der Waals surface area (Å²) in [5, 5.41) is 23.1. The molecule has 2 N–H and O–H groups in total. The Kier molecular flexibility index (Phi) is 3.49. The van der Waals surface area contributed by atoms with Gasteiger partial charge in [-0.1, -0.05) is 6.08 Å². The van der Waals surface area contributed by atoms with Gasteiger partial charge < -0.3 is 24.3 Å². The monoisotopic (exact) mass is 462 g/mol. The number of likely N-dealkylation sites (N-methyl/N-ethyl adjacent to an activating group) is 1. The highest BCUT2D eigenvalue weighted by Crippen LogP contribution is 2.84. The van der Waals surface area contributed by atoms with E-state index in [-0.39, 0.29) is 47.2 Å². The molecule has 8 atom stereocenters. The minimum absolute atomic E-state index is 0.00674. The molecule has 7 heteroatoms. The Hall–Kier alpha value is -2.51. The molecule has 2 bridgehead atoms. The topological polar surface area (TPSA) is 86.4 Å². The summed E-state index contributed by atoms with van der Waals surface area (Å²) in [7, 11) is 1.85. The fourth-order valence-corrected chi connectivity index (χ4v) is 9.10. The van der Waals surface area contributed by atoms with Crippen LogP contribution < -0.4 is 0 Å². The van der Waals surface area contributed by atoms with Gasteiger partial charge in [-0.15, -0.1) is 0 Å². The van der Waals surface area contributed by atoms with E-state index in [1.165, 1.54) is 12.8 Å². The van der Waals surface area contributed by atoms with Gasteiger partial charge in [-0.25, -0.2) is 0 Å². The summed E-state index contributed by atoms with van der Waals surface area (Å²) in [6, 6.07) is 1.79. The summed E-state index contributed by atoms with van der Waals surface area (Å²) < 4.78 is 11.7. The van der Waals surface area contributed by atoms with Gasteiger partial charge in [-0.3, -0.25) is 9.69 Å². The van der Waals surface area contributed by atoms with E-state index in [9.17, 15) is 15.0 Å². The smallest absolute Gasteiger partial charge is 0.246 e. The highest BCUT2D eigenvalue weighted by molar-refractivity contribution is 5.92. The molecule has 7 fully saturated rings. The molecule has 2 saturated heterocycles. The first kappa shape index (κ1) is 19.8. The molecule has 1 aromatic heterocycles. The zero-order valence-electron chi connectivity index (χ0n) is 19.3. The van der Waals surface area contributed by atoms with Crippen molar-refractivity contribution in [2.24, 2.45) is 23.2 Å². The Morgan fingerprint density at radius 2 is 2.24 bits per heavy atom. The molecular weight excluding hydrogens is 432 g/mol. The van der Waals surface area contributed by atoms with E-state index >= 15 is 0 Å². The molecule has 6 aliphatic carbocycles. The van der Waals surface area contributed by atoms with Crippen LogP contribution in [0.15, 0.2) is 52.8 Å². The summed E-state index contributed by atoms with van der Waals surface area (Å²) in [6.07, 6.45) is 15.2. The number of rotatable bonds is 5. The zero-order chi connectivity index (χ0) is 23.0. The molecule has 34 heavy (non-hydrogen) atoms. The van der Waals surface area contributed by atoms with E-state index in [0.29, 0.717) is 12.2 Å². The van der Waals surface area contributed by atoms with E-state index in [1.807, 2.05) is 13.1 Å². The van der Waals surface area contributed by atoms with Gasteiger partial charge in [-0.05, 0) is 62.2 Å². The molecular formula is C27H30N2O5. The average molecular weight is 463 g/mol. The number of aliphatic hydroxyl groups is 2. The molecule has 3 heterocycles. The van der Waals surface area contributed by atoms with Crippen LogP contribution in [0.2, 0.25) is 0 Å². The van der Waals surface area contributed by atoms with Crippen LogP contribution in [0.5, 0.6) is 0 Å². The maximum atomic E-state index is 13.3. The number of hydrogen-bond acceptors (Lipinski definition) is 6. The van der Waals surface area contributed by atoms with Gasteiger partial charge in [0.2, 0.25) is 5.91 Å². The second-order valence-electron chi connectivity index (χ2n) is 11.8. The minimum atomic E-state index is -0.805. The first-order valence-corrected chi connectivity index (χ1v) is 12.6. The molecule has 5 saturated carbocycles. The van der Waals surface area contributed by atoms with Crippen LogP contribution in [0.25, 0.3) is 6.08 Å². The molecule has 1 amide bonds. The molecule has 178 valence electrons. The van der Waals surface area contributed by atoms with E-state index in [0.717, 1.165) is 30.9 Å². The standard InChI is InChI=1S/C27H30N2O5/c1-28(21(31)7-4-16-8-9-33-13-16)18-11-25-14-26-22-17(5-6-19(30)23(22)34-24(18)26)10-20(27(25,26)32)29(25)12-15-2-3-15/h4-9,13,15,17-18,20,22,24,30,32H,2-3,10-12,14H2,1H3/b7-4+/t17?,18-,20-,22?,24+,25+,26+,27+/m1/s1. The van der Waals surface area contributed by atoms with Crippen molar-refractivity contribution in [3.63, 3.8) is 0 Å². The Morgan fingerprint density at radius 1 is 1.38 bits per heavy atom. The van der Waals surface area contributed by atoms with E-state index in [1.54, 1.807) is 35.7 Å². The van der Waals surface area contributed by atoms with E-state index in [2.05, 4.69) is 11.0 Å². The molecule has 2 aliphatic heterocycles. The van der Waals surface area contributed by atoms with Gasteiger partial charge in [0.05, 0.1) is 29.5 Å². The highest BCUT2D eigenvalue weighted by atomic mass is 16.5. The largest absolute Gasteiger partial charge is 0.504 e. The lowest BCUT2D eigenvalue weighted by Crippen LogP contribution is -3.03. The summed E-state index contributed by atoms with van der Waals surface area (Å²) in [4.78, 5) is 17.7. The number of amides is 1. The number of ether oxygens (including phenoxy) is 1. The van der Waals surface area contributed by atoms with Gasteiger partial charge in [0, 0.05) is 37.2 Å². The van der Waals surface area contributed by atoms with Crippen molar-refractivity contribution in [1.29, 1.82) is 0 Å². The number of nitrogens with zero attached hydrogens (tertiary/aromatic N) is 2. The number of likely N-dealkylation sites (tertiary alicyclic amines) is 1. The van der Waals surface area contributed by atoms with Crippen molar-refractivity contribution in [1.82, 2.24) is 9.80 Å². The molecule has 2 unspecified atom stereocenters. The lowest BCUT2D eigenvalue weighted by atomic mass is 9.26. The maximum Gasteiger partial charge on any atom is 0.246 e. The van der Waals surface area contributed by atoms with Crippen LogP contribution >= 0.6 is 0 Å². The van der Waals surface area contributed by atoms with Crippen LogP contribution in [-0.4, -0.2) is 68.8 Å². The van der Waals surface area contributed by atoms with Crippen LogP contribution in [0.4, 0.5) is 0 Å². The number of fused-ring (bicyclic) bond motifs is 1. The number of carbonyl (C=O) groups excluding carboxylic acids is 1. The van der Waals surface area contributed by atoms with Crippen molar-refractivity contribution in [2.75, 3.05) is 13.6 Å². The lowest BCUT2D eigenvalue weighted by Gasteiger charge is -2.89. The number of aliphatic hydroxyl groups excluding tert-OH is 1. The van der Waals surface area contributed by atoms with Gasteiger partial charge in [0.25, 0.3) is 0 Å². The van der Waals surface area contributed by atoms with Crippen molar-refractivity contribution < 1.29 is 24.2 Å². The second-order valence-corrected chi connectivity index (χ2v) is 11.8. The lowest BCUT2D eigenvalue weighted by molar-refractivity contribution is -0.448. The molecule has 7 nitrogen and oxygen atoms in total. The van der Waals surface area contributed by atoms with E-state index in [4.69, 9.17) is 9.15 Å². The zero-order valence-corrected chi connectivity index (χ0v) is 19.3. The Bertz CT molecular complexity index is 1180. The quantitative estimate of drug-likeness (QED) is 0.655. The first-order valence-electron chi connectivity index (χ1n) is 12.6. The van der Waals surface area contributed by atoms with Crippen molar-refractivity contribution in [3.8, 4) is 0 Å². The molecule has 2 spiro atoms. The number of carbonyl (C=O) groups is 1. The van der Waals surface area contributed by atoms with Crippen molar-refractivity contribution >= 4 is 12.0 Å². The van der Waals surface area contributed by atoms with Crippen molar-refractivity contribution in [2.45, 2.75) is 61.4 Å². The number of piperidine rings is 1. The Morgan fingerprint density at radius 3 is 3.00 bits per heavy atom. The number of allylic oxidation sites excluding steroid dienone is 3. The number of hydrogen-bond donors (Lipinski definition) is 2. The predicted molar refractivity (Wildman–Crippen MR) is 122 cm³/mol. The van der Waals surface area contributed by atoms with Gasteiger partial charge in [0.15, 0.2) is 5.76 Å². The molecule has 8 aliphatic rings. The van der Waals surface area contributed by atoms with Gasteiger partial charge >= 0.3 is 0 Å². The van der Waals surface area contributed by atoms with Crippen LogP contribution in [0, 0.1) is 23.2 Å². The Labute approximate surface area is 198 Å². The average Bonchev–Trinajstić information content (AvgIpc) is 3.35.